The molecule has 1 heterocycles. The van der Waals surface area contributed by atoms with Crippen LogP contribution in [0.5, 0.6) is 0 Å². The summed E-state index contributed by atoms with van der Waals surface area (Å²) < 4.78 is 5.11. The van der Waals surface area contributed by atoms with Crippen LogP contribution in [0.3, 0.4) is 0 Å². The van der Waals surface area contributed by atoms with Crippen molar-refractivity contribution >= 4 is 40.8 Å². The summed E-state index contributed by atoms with van der Waals surface area (Å²) in [6.45, 7) is 0.956. The number of carbonyl (C=O) groups excluding carboxylic acids is 5. The fourth-order valence-corrected chi connectivity index (χ4v) is 5.41. The summed E-state index contributed by atoms with van der Waals surface area (Å²) in [5.41, 5.74) is 2.80. The number of anilines is 2. The Morgan fingerprint density at radius 2 is 1.46 bits per heavy atom. The summed E-state index contributed by atoms with van der Waals surface area (Å²) in [4.78, 5) is 63.7. The van der Waals surface area contributed by atoms with Crippen molar-refractivity contribution in [2.45, 2.75) is 32.1 Å². The van der Waals surface area contributed by atoms with Crippen LogP contribution in [-0.2, 0) is 19.1 Å². The molecule has 0 bridgehead atoms. The van der Waals surface area contributed by atoms with Crippen molar-refractivity contribution in [2.24, 2.45) is 11.8 Å². The Kier molecular flexibility index (Phi) is 7.36. The average Bonchev–Trinajstić information content (AvgIpc) is 3.21. The Labute approximate surface area is 226 Å². The smallest absolute Gasteiger partial charge is 0.338 e. The molecule has 5 rings (SSSR count). The second kappa shape index (κ2) is 11.0. The molecule has 8 nitrogen and oxygen atoms in total. The summed E-state index contributed by atoms with van der Waals surface area (Å²) in [7, 11) is 0. The van der Waals surface area contributed by atoms with Gasteiger partial charge in [0.05, 0.1) is 23.1 Å². The number of rotatable bonds is 7. The molecule has 0 spiro atoms. The average molecular weight is 525 g/mol. The van der Waals surface area contributed by atoms with Gasteiger partial charge >= 0.3 is 5.97 Å². The molecule has 1 aliphatic heterocycles. The summed E-state index contributed by atoms with van der Waals surface area (Å²) >= 11 is 0. The standard InChI is InChI=1S/C31H28N2O6/c1-19(34)20-7-12-24(13-8-20)32-28(35)18-39-31(38)22-9-14-25(15-10-22)33-29(36)26-16-11-23(17-27(26)30(33)37)21-5-3-2-4-6-21/h2-10,12-15,23,26-27H,11,16-18H2,1H3,(H,32,35)/t23-,26-,27+/m1/s1. The Hall–Kier alpha value is -4.59. The highest BCUT2D eigenvalue weighted by Gasteiger charge is 2.50. The van der Waals surface area contributed by atoms with Crippen LogP contribution in [0, 0.1) is 11.8 Å². The molecule has 39 heavy (non-hydrogen) atoms. The topological polar surface area (TPSA) is 110 Å². The first-order chi connectivity index (χ1) is 18.8. The third-order valence-electron chi connectivity index (χ3n) is 7.47. The molecule has 3 amide bonds. The molecule has 8 heteroatoms. The molecule has 1 saturated carbocycles. The van der Waals surface area contributed by atoms with Crippen molar-refractivity contribution in [2.75, 3.05) is 16.8 Å². The highest BCUT2D eigenvalue weighted by Crippen LogP contribution is 2.45. The number of Topliss-reactive ketones (excluding diaryl/α,β-unsaturated/α-hetero) is 1. The molecule has 0 unspecified atom stereocenters. The maximum atomic E-state index is 13.3. The number of fused-ring (bicyclic) bond motifs is 1. The molecule has 2 fully saturated rings. The maximum Gasteiger partial charge on any atom is 0.338 e. The van der Waals surface area contributed by atoms with Gasteiger partial charge in [-0.2, -0.15) is 0 Å². The van der Waals surface area contributed by atoms with Gasteiger partial charge in [0.1, 0.15) is 0 Å². The number of carbonyl (C=O) groups is 5. The molecule has 3 aromatic rings. The van der Waals surface area contributed by atoms with Crippen LogP contribution in [0.25, 0.3) is 0 Å². The fraction of sp³-hybridized carbons (Fsp3) is 0.258. The molecule has 198 valence electrons. The first-order valence-corrected chi connectivity index (χ1v) is 12.9. The number of imide groups is 1. The second-order valence-corrected chi connectivity index (χ2v) is 9.95. The van der Waals surface area contributed by atoms with E-state index in [0.29, 0.717) is 29.8 Å². The third-order valence-corrected chi connectivity index (χ3v) is 7.47. The lowest BCUT2D eigenvalue weighted by Gasteiger charge is -2.28. The van der Waals surface area contributed by atoms with Crippen molar-refractivity contribution in [1.29, 1.82) is 0 Å². The maximum absolute atomic E-state index is 13.3. The number of benzene rings is 3. The Morgan fingerprint density at radius 1 is 0.821 bits per heavy atom. The quantitative estimate of drug-likeness (QED) is 0.271. The van der Waals surface area contributed by atoms with Crippen molar-refractivity contribution in [3.63, 3.8) is 0 Å². The predicted molar refractivity (Wildman–Crippen MR) is 144 cm³/mol. The van der Waals surface area contributed by atoms with Gasteiger partial charge in [0.15, 0.2) is 12.4 Å². The van der Waals surface area contributed by atoms with Gasteiger partial charge in [0.25, 0.3) is 5.91 Å². The van der Waals surface area contributed by atoms with E-state index in [1.165, 1.54) is 29.5 Å². The highest BCUT2D eigenvalue weighted by atomic mass is 16.5. The van der Waals surface area contributed by atoms with E-state index in [1.807, 2.05) is 18.2 Å². The fourth-order valence-electron chi connectivity index (χ4n) is 5.41. The summed E-state index contributed by atoms with van der Waals surface area (Å²) in [5.74, 6) is -2.13. The zero-order chi connectivity index (χ0) is 27.5. The zero-order valence-corrected chi connectivity index (χ0v) is 21.5. The molecule has 1 saturated heterocycles. The number of nitrogens with zero attached hydrogens (tertiary/aromatic N) is 1. The number of esters is 1. The minimum atomic E-state index is -0.706. The SMILES string of the molecule is CC(=O)c1ccc(NC(=O)COC(=O)c2ccc(N3C(=O)[C@H]4C[C@H](c5ccccc5)CC[C@H]4C3=O)cc2)cc1. The molecular weight excluding hydrogens is 496 g/mol. The molecule has 1 aliphatic carbocycles. The van der Waals surface area contributed by atoms with Gasteiger partial charge in [-0.3, -0.25) is 24.1 Å². The Bertz CT molecular complexity index is 1420. The van der Waals surface area contributed by atoms with Crippen LogP contribution in [-0.4, -0.2) is 36.1 Å². The lowest BCUT2D eigenvalue weighted by atomic mass is 9.73. The Morgan fingerprint density at radius 3 is 2.13 bits per heavy atom. The van der Waals surface area contributed by atoms with Crippen LogP contribution < -0.4 is 10.2 Å². The largest absolute Gasteiger partial charge is 0.452 e. The summed E-state index contributed by atoms with van der Waals surface area (Å²) in [5, 5.41) is 2.60. The number of ether oxygens (including phenoxy) is 1. The van der Waals surface area contributed by atoms with E-state index in [4.69, 9.17) is 4.74 Å². The molecule has 1 N–H and O–H groups in total. The van der Waals surface area contributed by atoms with Crippen molar-refractivity contribution < 1.29 is 28.7 Å². The number of hydrogen-bond donors (Lipinski definition) is 1. The van der Waals surface area contributed by atoms with Crippen LogP contribution in [0.15, 0.2) is 78.9 Å². The third kappa shape index (κ3) is 5.50. The lowest BCUT2D eigenvalue weighted by Crippen LogP contribution is -2.30. The van der Waals surface area contributed by atoms with Crippen LogP contribution in [0.1, 0.15) is 58.4 Å². The minimum absolute atomic E-state index is 0.0821. The van der Waals surface area contributed by atoms with Gasteiger partial charge in [0, 0.05) is 11.3 Å². The first kappa shape index (κ1) is 26.0. The van der Waals surface area contributed by atoms with Gasteiger partial charge in [-0.1, -0.05) is 30.3 Å². The van der Waals surface area contributed by atoms with Crippen LogP contribution >= 0.6 is 0 Å². The molecular formula is C31H28N2O6. The lowest BCUT2D eigenvalue weighted by molar-refractivity contribution is -0.122. The van der Waals surface area contributed by atoms with E-state index >= 15 is 0 Å². The molecule has 0 radical (unpaired) electrons. The number of nitrogens with one attached hydrogen (secondary N) is 1. The van der Waals surface area contributed by atoms with Crippen LogP contribution in [0.2, 0.25) is 0 Å². The first-order valence-electron chi connectivity index (χ1n) is 12.9. The van der Waals surface area contributed by atoms with E-state index < -0.39 is 18.5 Å². The van der Waals surface area contributed by atoms with Gasteiger partial charge in [-0.25, -0.2) is 4.79 Å². The molecule has 3 aromatic carbocycles. The predicted octanol–water partition coefficient (Wildman–Crippen LogP) is 4.76. The number of hydrogen-bond acceptors (Lipinski definition) is 6. The molecule has 0 aromatic heterocycles. The second-order valence-electron chi connectivity index (χ2n) is 9.95. The van der Waals surface area contributed by atoms with Crippen LogP contribution in [0.4, 0.5) is 11.4 Å². The molecule has 2 aliphatic rings. The van der Waals surface area contributed by atoms with Gasteiger partial charge in [-0.05, 0) is 86.2 Å². The minimum Gasteiger partial charge on any atom is -0.452 e. The van der Waals surface area contributed by atoms with E-state index in [2.05, 4.69) is 17.4 Å². The van der Waals surface area contributed by atoms with E-state index in [0.717, 1.165) is 6.42 Å². The normalized spacial score (nSPS) is 20.3. The van der Waals surface area contributed by atoms with Gasteiger partial charge in [-0.15, -0.1) is 0 Å². The summed E-state index contributed by atoms with van der Waals surface area (Å²) in [6.07, 6.45) is 2.17. The van der Waals surface area contributed by atoms with E-state index in [1.54, 1.807) is 36.4 Å². The number of amides is 3. The zero-order valence-electron chi connectivity index (χ0n) is 21.5. The monoisotopic (exact) mass is 524 g/mol. The van der Waals surface area contributed by atoms with Crippen molar-refractivity contribution in [3.8, 4) is 0 Å². The highest BCUT2D eigenvalue weighted by molar-refractivity contribution is 6.22. The summed E-state index contributed by atoms with van der Waals surface area (Å²) in [6, 6.07) is 22.5. The van der Waals surface area contributed by atoms with Crippen molar-refractivity contribution in [1.82, 2.24) is 0 Å². The Balaban J connectivity index is 1.18. The number of ketones is 1. The van der Waals surface area contributed by atoms with Gasteiger partial charge < -0.3 is 10.1 Å². The van der Waals surface area contributed by atoms with E-state index in [-0.39, 0.29) is 40.9 Å². The van der Waals surface area contributed by atoms with E-state index in [9.17, 15) is 24.0 Å². The van der Waals surface area contributed by atoms with Crippen molar-refractivity contribution in [3.05, 3.63) is 95.6 Å². The molecule has 3 atom stereocenters. The van der Waals surface area contributed by atoms with Gasteiger partial charge in [0.2, 0.25) is 11.8 Å².